The highest BCUT2D eigenvalue weighted by Gasteiger charge is 2.12. The first-order valence-electron chi connectivity index (χ1n) is 7.17. The molecule has 19 heavy (non-hydrogen) atoms. The lowest BCUT2D eigenvalue weighted by molar-refractivity contribution is 0.237. The second-order valence-corrected chi connectivity index (χ2v) is 4.91. The van der Waals surface area contributed by atoms with Gasteiger partial charge in [-0.1, -0.05) is 13.0 Å². The summed E-state index contributed by atoms with van der Waals surface area (Å²) in [4.78, 5) is 2.42. The van der Waals surface area contributed by atoms with E-state index < -0.39 is 0 Å². The first-order valence-corrected chi connectivity index (χ1v) is 7.17. The van der Waals surface area contributed by atoms with Crippen LogP contribution in [0.3, 0.4) is 0 Å². The standard InChI is InChI=1S/C15H24N2O2/c1-2-11-18-13-6-5-7-14(15(13)16)19-12-10-17-8-3-4-9-17/h5-7H,2-4,8-12,16H2,1H3. The summed E-state index contributed by atoms with van der Waals surface area (Å²) >= 11 is 0. The van der Waals surface area contributed by atoms with Gasteiger partial charge >= 0.3 is 0 Å². The van der Waals surface area contributed by atoms with Gasteiger partial charge in [-0.2, -0.15) is 0 Å². The van der Waals surface area contributed by atoms with Crippen molar-refractivity contribution in [3.63, 3.8) is 0 Å². The molecule has 0 aromatic heterocycles. The SMILES string of the molecule is CCCOc1cccc(OCCN2CCCC2)c1N. The smallest absolute Gasteiger partial charge is 0.146 e. The molecule has 106 valence electrons. The molecule has 0 spiro atoms. The van der Waals surface area contributed by atoms with Gasteiger partial charge in [0.1, 0.15) is 23.8 Å². The number of ether oxygens (including phenoxy) is 2. The van der Waals surface area contributed by atoms with Crippen molar-refractivity contribution in [3.05, 3.63) is 18.2 Å². The number of nitrogen functional groups attached to an aromatic ring is 1. The summed E-state index contributed by atoms with van der Waals surface area (Å²) in [7, 11) is 0. The van der Waals surface area contributed by atoms with Crippen molar-refractivity contribution in [1.29, 1.82) is 0 Å². The molecular weight excluding hydrogens is 240 g/mol. The summed E-state index contributed by atoms with van der Waals surface area (Å²) in [6, 6.07) is 5.71. The number of likely N-dealkylation sites (tertiary alicyclic amines) is 1. The van der Waals surface area contributed by atoms with Gasteiger partial charge in [0.15, 0.2) is 0 Å². The van der Waals surface area contributed by atoms with Crippen molar-refractivity contribution in [2.75, 3.05) is 38.6 Å². The maximum absolute atomic E-state index is 6.05. The summed E-state index contributed by atoms with van der Waals surface area (Å²) in [5.74, 6) is 1.45. The van der Waals surface area contributed by atoms with Gasteiger partial charge in [-0.3, -0.25) is 4.90 Å². The van der Waals surface area contributed by atoms with Crippen molar-refractivity contribution in [2.24, 2.45) is 0 Å². The van der Waals surface area contributed by atoms with Crippen molar-refractivity contribution < 1.29 is 9.47 Å². The van der Waals surface area contributed by atoms with Crippen LogP contribution in [0.25, 0.3) is 0 Å². The molecular formula is C15H24N2O2. The van der Waals surface area contributed by atoms with E-state index in [0.717, 1.165) is 24.5 Å². The minimum absolute atomic E-state index is 0.609. The van der Waals surface area contributed by atoms with Crippen LogP contribution in [0.2, 0.25) is 0 Å². The fourth-order valence-electron chi connectivity index (χ4n) is 2.28. The molecule has 1 fully saturated rings. The molecule has 0 atom stereocenters. The number of hydrogen-bond acceptors (Lipinski definition) is 4. The van der Waals surface area contributed by atoms with Crippen molar-refractivity contribution in [2.45, 2.75) is 26.2 Å². The van der Waals surface area contributed by atoms with Crippen LogP contribution in [-0.4, -0.2) is 37.7 Å². The molecule has 0 bridgehead atoms. The number of benzene rings is 1. The fraction of sp³-hybridized carbons (Fsp3) is 0.600. The molecule has 0 saturated carbocycles. The zero-order valence-corrected chi connectivity index (χ0v) is 11.7. The average molecular weight is 264 g/mol. The first kappa shape index (κ1) is 14.0. The molecule has 1 aromatic carbocycles. The molecule has 2 N–H and O–H groups in total. The summed E-state index contributed by atoms with van der Waals surface area (Å²) in [5.41, 5.74) is 6.66. The second kappa shape index (κ2) is 7.24. The number of anilines is 1. The van der Waals surface area contributed by atoms with Gasteiger partial charge in [0.25, 0.3) is 0 Å². The molecule has 0 radical (unpaired) electrons. The van der Waals surface area contributed by atoms with Crippen LogP contribution in [0.4, 0.5) is 5.69 Å². The van der Waals surface area contributed by atoms with Gasteiger partial charge < -0.3 is 15.2 Å². The molecule has 0 amide bonds. The highest BCUT2D eigenvalue weighted by Crippen LogP contribution is 2.31. The molecule has 0 unspecified atom stereocenters. The quantitative estimate of drug-likeness (QED) is 0.769. The van der Waals surface area contributed by atoms with E-state index in [0.29, 0.717) is 18.9 Å². The normalized spacial score (nSPS) is 15.6. The van der Waals surface area contributed by atoms with E-state index in [9.17, 15) is 0 Å². The van der Waals surface area contributed by atoms with Crippen LogP contribution in [0, 0.1) is 0 Å². The van der Waals surface area contributed by atoms with E-state index in [1.54, 1.807) is 0 Å². The van der Waals surface area contributed by atoms with E-state index in [1.807, 2.05) is 18.2 Å². The van der Waals surface area contributed by atoms with Gasteiger partial charge in [0.2, 0.25) is 0 Å². The largest absolute Gasteiger partial charge is 0.491 e. The van der Waals surface area contributed by atoms with Crippen LogP contribution >= 0.6 is 0 Å². The maximum Gasteiger partial charge on any atom is 0.146 e. The van der Waals surface area contributed by atoms with Gasteiger partial charge in [0.05, 0.1) is 6.61 Å². The lowest BCUT2D eigenvalue weighted by atomic mass is 10.2. The second-order valence-electron chi connectivity index (χ2n) is 4.91. The molecule has 1 aliphatic rings. The van der Waals surface area contributed by atoms with Crippen LogP contribution in [0.1, 0.15) is 26.2 Å². The molecule has 4 nitrogen and oxygen atoms in total. The van der Waals surface area contributed by atoms with Crippen molar-refractivity contribution >= 4 is 5.69 Å². The molecule has 2 rings (SSSR count). The number of rotatable bonds is 7. The van der Waals surface area contributed by atoms with Crippen LogP contribution < -0.4 is 15.2 Å². The number of para-hydroxylation sites is 1. The Balaban J connectivity index is 1.84. The van der Waals surface area contributed by atoms with Crippen LogP contribution in [0.5, 0.6) is 11.5 Å². The van der Waals surface area contributed by atoms with Crippen LogP contribution in [0.15, 0.2) is 18.2 Å². The summed E-state index contributed by atoms with van der Waals surface area (Å²) in [6.45, 7) is 6.80. The molecule has 0 aliphatic carbocycles. The lowest BCUT2D eigenvalue weighted by Crippen LogP contribution is -2.25. The highest BCUT2D eigenvalue weighted by molar-refractivity contribution is 5.62. The van der Waals surface area contributed by atoms with Crippen LogP contribution in [-0.2, 0) is 0 Å². The van der Waals surface area contributed by atoms with E-state index in [1.165, 1.54) is 25.9 Å². The Morgan fingerprint density at radius 2 is 1.74 bits per heavy atom. The first-order chi connectivity index (χ1) is 9.31. The predicted octanol–water partition coefficient (Wildman–Crippen LogP) is 2.53. The molecule has 1 aliphatic heterocycles. The highest BCUT2D eigenvalue weighted by atomic mass is 16.5. The Morgan fingerprint density at radius 3 is 2.37 bits per heavy atom. The minimum Gasteiger partial charge on any atom is -0.491 e. The molecule has 1 heterocycles. The summed E-state index contributed by atoms with van der Waals surface area (Å²) < 4.78 is 11.4. The summed E-state index contributed by atoms with van der Waals surface area (Å²) in [6.07, 6.45) is 3.59. The average Bonchev–Trinajstić information content (AvgIpc) is 2.92. The topological polar surface area (TPSA) is 47.7 Å². The zero-order chi connectivity index (χ0) is 13.5. The number of hydrogen-bond donors (Lipinski definition) is 1. The minimum atomic E-state index is 0.609. The Hall–Kier alpha value is -1.42. The van der Waals surface area contributed by atoms with Gasteiger partial charge in [-0.15, -0.1) is 0 Å². The van der Waals surface area contributed by atoms with E-state index >= 15 is 0 Å². The Labute approximate surface area is 115 Å². The number of nitrogens with zero attached hydrogens (tertiary/aromatic N) is 1. The molecule has 1 aromatic rings. The zero-order valence-electron chi connectivity index (χ0n) is 11.7. The third-order valence-corrected chi connectivity index (χ3v) is 3.35. The lowest BCUT2D eigenvalue weighted by Gasteiger charge is -2.16. The van der Waals surface area contributed by atoms with Gasteiger partial charge in [-0.05, 0) is 44.5 Å². The van der Waals surface area contributed by atoms with Crippen molar-refractivity contribution in [3.8, 4) is 11.5 Å². The third kappa shape index (κ3) is 4.03. The molecule has 1 saturated heterocycles. The fourth-order valence-corrected chi connectivity index (χ4v) is 2.28. The predicted molar refractivity (Wildman–Crippen MR) is 77.8 cm³/mol. The van der Waals surface area contributed by atoms with E-state index in [4.69, 9.17) is 15.2 Å². The number of nitrogens with two attached hydrogens (primary N) is 1. The Morgan fingerprint density at radius 1 is 1.11 bits per heavy atom. The third-order valence-electron chi connectivity index (χ3n) is 3.35. The van der Waals surface area contributed by atoms with Crippen molar-refractivity contribution in [1.82, 2.24) is 4.90 Å². The Bertz CT molecular complexity index is 390. The van der Waals surface area contributed by atoms with Gasteiger partial charge in [-0.25, -0.2) is 0 Å². The van der Waals surface area contributed by atoms with E-state index in [-0.39, 0.29) is 0 Å². The Kier molecular flexibility index (Phi) is 5.33. The van der Waals surface area contributed by atoms with Gasteiger partial charge in [0, 0.05) is 6.54 Å². The molecule has 4 heteroatoms. The summed E-state index contributed by atoms with van der Waals surface area (Å²) in [5, 5.41) is 0. The monoisotopic (exact) mass is 264 g/mol. The van der Waals surface area contributed by atoms with E-state index in [2.05, 4.69) is 11.8 Å². The maximum atomic E-state index is 6.05.